The first-order valence-electron chi connectivity index (χ1n) is 6.88. The van der Waals surface area contributed by atoms with Gasteiger partial charge in [-0.25, -0.2) is 4.79 Å². The zero-order valence-electron chi connectivity index (χ0n) is 11.9. The second-order valence-corrected chi connectivity index (χ2v) is 4.48. The van der Waals surface area contributed by atoms with Crippen molar-refractivity contribution in [3.05, 3.63) is 18.2 Å². The van der Waals surface area contributed by atoms with E-state index in [0.717, 1.165) is 6.42 Å². The van der Waals surface area contributed by atoms with Crippen molar-refractivity contribution in [1.29, 1.82) is 0 Å². The van der Waals surface area contributed by atoms with Gasteiger partial charge in [-0.3, -0.25) is 4.79 Å². The van der Waals surface area contributed by atoms with Gasteiger partial charge in [-0.1, -0.05) is 0 Å². The summed E-state index contributed by atoms with van der Waals surface area (Å²) in [7, 11) is 0. The summed E-state index contributed by atoms with van der Waals surface area (Å²) in [6.07, 6.45) is 0.759. The molecule has 0 atom stereocenters. The number of urea groups is 1. The molecule has 0 radical (unpaired) electrons. The topological polar surface area (TPSA) is 88.7 Å². The lowest BCUT2D eigenvalue weighted by Crippen LogP contribution is -2.30. The third kappa shape index (κ3) is 4.64. The van der Waals surface area contributed by atoms with Gasteiger partial charge in [0, 0.05) is 25.4 Å². The summed E-state index contributed by atoms with van der Waals surface area (Å²) < 4.78 is 10.4. The molecule has 21 heavy (non-hydrogen) atoms. The Hall–Kier alpha value is -2.28. The predicted octanol–water partition coefficient (Wildman–Crippen LogP) is 1.57. The molecule has 0 spiro atoms. The number of amides is 3. The lowest BCUT2D eigenvalue weighted by atomic mass is 10.2. The van der Waals surface area contributed by atoms with Gasteiger partial charge in [-0.2, -0.15) is 0 Å². The lowest BCUT2D eigenvalue weighted by Gasteiger charge is -2.18. The SMILES string of the molecule is CCOCCCNC(=O)Nc1ccc2c(c1)NC(=O)CO2. The molecular weight excluding hydrogens is 274 g/mol. The molecule has 114 valence electrons. The van der Waals surface area contributed by atoms with Crippen molar-refractivity contribution in [3.8, 4) is 5.75 Å². The highest BCUT2D eigenvalue weighted by Gasteiger charge is 2.16. The van der Waals surface area contributed by atoms with Crippen molar-refractivity contribution in [1.82, 2.24) is 5.32 Å². The van der Waals surface area contributed by atoms with Gasteiger partial charge in [-0.15, -0.1) is 0 Å². The van der Waals surface area contributed by atoms with Gasteiger partial charge < -0.3 is 25.4 Å². The fourth-order valence-electron chi connectivity index (χ4n) is 1.86. The van der Waals surface area contributed by atoms with Gasteiger partial charge in [0.2, 0.25) is 0 Å². The van der Waals surface area contributed by atoms with Gasteiger partial charge in [0.05, 0.1) is 5.69 Å². The number of hydrogen-bond acceptors (Lipinski definition) is 4. The van der Waals surface area contributed by atoms with E-state index in [1.807, 2.05) is 6.92 Å². The maximum atomic E-state index is 11.7. The summed E-state index contributed by atoms with van der Waals surface area (Å²) in [5, 5.41) is 8.12. The molecular formula is C14H19N3O4. The number of nitrogens with one attached hydrogen (secondary N) is 3. The van der Waals surface area contributed by atoms with Crippen molar-refractivity contribution in [2.24, 2.45) is 0 Å². The zero-order valence-corrected chi connectivity index (χ0v) is 11.9. The highest BCUT2D eigenvalue weighted by atomic mass is 16.5. The maximum Gasteiger partial charge on any atom is 0.319 e. The molecule has 1 aliphatic rings. The summed E-state index contributed by atoms with van der Waals surface area (Å²) in [6.45, 7) is 3.78. The second kappa shape index (κ2) is 7.49. The Kier molecular flexibility index (Phi) is 5.39. The van der Waals surface area contributed by atoms with E-state index in [0.29, 0.717) is 36.9 Å². The third-order valence-electron chi connectivity index (χ3n) is 2.83. The Morgan fingerprint density at radius 3 is 3.14 bits per heavy atom. The van der Waals surface area contributed by atoms with E-state index in [1.54, 1.807) is 18.2 Å². The summed E-state index contributed by atoms with van der Waals surface area (Å²) in [4.78, 5) is 22.9. The first kappa shape index (κ1) is 15.1. The largest absolute Gasteiger partial charge is 0.482 e. The summed E-state index contributed by atoms with van der Waals surface area (Å²) in [5.74, 6) is 0.386. The van der Waals surface area contributed by atoms with Gasteiger partial charge in [0.1, 0.15) is 5.75 Å². The maximum absolute atomic E-state index is 11.7. The monoisotopic (exact) mass is 293 g/mol. The van der Waals surface area contributed by atoms with Crippen LogP contribution in [0.3, 0.4) is 0 Å². The Morgan fingerprint density at radius 2 is 2.33 bits per heavy atom. The first-order chi connectivity index (χ1) is 10.2. The number of benzene rings is 1. The molecule has 7 heteroatoms. The van der Waals surface area contributed by atoms with Crippen LogP contribution in [-0.4, -0.2) is 38.3 Å². The van der Waals surface area contributed by atoms with Gasteiger partial charge in [-0.05, 0) is 31.5 Å². The van der Waals surface area contributed by atoms with Crippen molar-refractivity contribution in [3.63, 3.8) is 0 Å². The average Bonchev–Trinajstić information content (AvgIpc) is 2.46. The van der Waals surface area contributed by atoms with Crippen LogP contribution in [0.4, 0.5) is 16.2 Å². The van der Waals surface area contributed by atoms with Crippen LogP contribution in [-0.2, 0) is 9.53 Å². The number of hydrogen-bond donors (Lipinski definition) is 3. The normalized spacial score (nSPS) is 12.9. The van der Waals surface area contributed by atoms with Crippen LogP contribution in [0.2, 0.25) is 0 Å². The van der Waals surface area contributed by atoms with Crippen LogP contribution in [0.15, 0.2) is 18.2 Å². The Morgan fingerprint density at radius 1 is 1.48 bits per heavy atom. The van der Waals surface area contributed by atoms with E-state index in [1.165, 1.54) is 0 Å². The number of anilines is 2. The van der Waals surface area contributed by atoms with E-state index in [9.17, 15) is 9.59 Å². The Balaban J connectivity index is 1.81. The molecule has 1 aromatic carbocycles. The van der Waals surface area contributed by atoms with Crippen LogP contribution >= 0.6 is 0 Å². The highest BCUT2D eigenvalue weighted by Crippen LogP contribution is 2.30. The molecule has 0 aliphatic carbocycles. The standard InChI is InChI=1S/C14H19N3O4/c1-2-20-7-3-6-15-14(19)16-10-4-5-12-11(8-10)17-13(18)9-21-12/h4-5,8H,2-3,6-7,9H2,1H3,(H,17,18)(H2,15,16,19). The van der Waals surface area contributed by atoms with E-state index < -0.39 is 0 Å². The van der Waals surface area contributed by atoms with Crippen molar-refractivity contribution < 1.29 is 19.1 Å². The molecule has 3 amide bonds. The van der Waals surface area contributed by atoms with Crippen LogP contribution < -0.4 is 20.7 Å². The van der Waals surface area contributed by atoms with E-state index in [4.69, 9.17) is 9.47 Å². The smallest absolute Gasteiger partial charge is 0.319 e. The molecule has 0 saturated heterocycles. The number of rotatable bonds is 6. The van der Waals surface area contributed by atoms with E-state index in [-0.39, 0.29) is 18.5 Å². The first-order valence-corrected chi connectivity index (χ1v) is 6.88. The van der Waals surface area contributed by atoms with E-state index >= 15 is 0 Å². The van der Waals surface area contributed by atoms with Gasteiger partial charge >= 0.3 is 6.03 Å². The molecule has 1 heterocycles. The Bertz CT molecular complexity index is 519. The minimum absolute atomic E-state index is 0.0140. The zero-order chi connectivity index (χ0) is 15.1. The molecule has 1 aromatic rings. The lowest BCUT2D eigenvalue weighted by molar-refractivity contribution is -0.118. The summed E-state index contributed by atoms with van der Waals surface area (Å²) in [5.41, 5.74) is 1.14. The number of carbonyl (C=O) groups is 2. The fourth-order valence-corrected chi connectivity index (χ4v) is 1.86. The second-order valence-electron chi connectivity index (χ2n) is 4.48. The van der Waals surface area contributed by atoms with Crippen LogP contribution in [0.1, 0.15) is 13.3 Å². The molecule has 0 bridgehead atoms. The molecule has 0 unspecified atom stereocenters. The van der Waals surface area contributed by atoms with Gasteiger partial charge in [0.15, 0.2) is 6.61 Å². The number of fused-ring (bicyclic) bond motifs is 1. The van der Waals surface area contributed by atoms with Crippen LogP contribution in [0, 0.1) is 0 Å². The molecule has 0 saturated carbocycles. The molecule has 7 nitrogen and oxygen atoms in total. The molecule has 3 N–H and O–H groups in total. The molecule has 0 fully saturated rings. The Labute approximate surface area is 123 Å². The quantitative estimate of drug-likeness (QED) is 0.695. The average molecular weight is 293 g/mol. The minimum atomic E-state index is -0.297. The van der Waals surface area contributed by atoms with Crippen molar-refractivity contribution in [2.75, 3.05) is 37.0 Å². The summed E-state index contributed by atoms with van der Waals surface area (Å²) >= 11 is 0. The van der Waals surface area contributed by atoms with Gasteiger partial charge in [0.25, 0.3) is 5.91 Å². The third-order valence-corrected chi connectivity index (χ3v) is 2.83. The highest BCUT2D eigenvalue weighted by molar-refractivity contribution is 5.97. The molecule has 2 rings (SSSR count). The molecule has 1 aliphatic heterocycles. The molecule has 0 aromatic heterocycles. The predicted molar refractivity (Wildman–Crippen MR) is 78.7 cm³/mol. The summed E-state index contributed by atoms with van der Waals surface area (Å²) in [6, 6.07) is 4.79. The fraction of sp³-hybridized carbons (Fsp3) is 0.429. The van der Waals surface area contributed by atoms with E-state index in [2.05, 4.69) is 16.0 Å². The number of ether oxygens (including phenoxy) is 2. The van der Waals surface area contributed by atoms with Crippen LogP contribution in [0.25, 0.3) is 0 Å². The number of carbonyl (C=O) groups excluding carboxylic acids is 2. The van der Waals surface area contributed by atoms with Crippen LogP contribution in [0.5, 0.6) is 5.75 Å². The van der Waals surface area contributed by atoms with Crippen molar-refractivity contribution >= 4 is 23.3 Å². The minimum Gasteiger partial charge on any atom is -0.482 e. The van der Waals surface area contributed by atoms with Crippen molar-refractivity contribution in [2.45, 2.75) is 13.3 Å².